The summed E-state index contributed by atoms with van der Waals surface area (Å²) in [5, 5.41) is 4.42. The van der Waals surface area contributed by atoms with Crippen LogP contribution in [-0.2, 0) is 4.74 Å². The molecule has 2 aromatic heterocycles. The third kappa shape index (κ3) is 3.63. The predicted molar refractivity (Wildman–Crippen MR) is 104 cm³/mol. The molecule has 0 unspecified atom stereocenters. The van der Waals surface area contributed by atoms with Crippen LogP contribution in [0.2, 0.25) is 0 Å². The van der Waals surface area contributed by atoms with Gasteiger partial charge in [-0.2, -0.15) is 0 Å². The van der Waals surface area contributed by atoms with Gasteiger partial charge in [0.05, 0.1) is 12.0 Å². The fourth-order valence-corrected chi connectivity index (χ4v) is 4.65. The first-order valence-corrected chi connectivity index (χ1v) is 9.94. The van der Waals surface area contributed by atoms with E-state index in [0.717, 1.165) is 28.0 Å². The van der Waals surface area contributed by atoms with Gasteiger partial charge in [0.15, 0.2) is 0 Å². The number of hydrogen-bond donors (Lipinski definition) is 0. The highest BCUT2D eigenvalue weighted by Crippen LogP contribution is 2.38. The molecule has 0 aliphatic heterocycles. The fraction of sp³-hybridized carbons (Fsp3) is 0.368. The van der Waals surface area contributed by atoms with Crippen LogP contribution in [0.15, 0.2) is 34.7 Å². The van der Waals surface area contributed by atoms with Gasteiger partial charge in [0.25, 0.3) is 0 Å². The molecule has 0 amide bonds. The zero-order valence-corrected chi connectivity index (χ0v) is 16.1. The summed E-state index contributed by atoms with van der Waals surface area (Å²) in [5.74, 6) is 2.26. The van der Waals surface area contributed by atoms with E-state index < -0.39 is 0 Å². The SMILES string of the molecule is COCCSc1nc(C)nc2scc(-c3ccc(C(C)C)cc3)c12. The van der Waals surface area contributed by atoms with Crippen LogP contribution in [0.3, 0.4) is 0 Å². The number of ether oxygens (including phenoxy) is 1. The van der Waals surface area contributed by atoms with Crippen LogP contribution in [0.25, 0.3) is 21.3 Å². The minimum atomic E-state index is 0.546. The van der Waals surface area contributed by atoms with Gasteiger partial charge in [-0.3, -0.25) is 0 Å². The molecule has 0 radical (unpaired) electrons. The number of rotatable bonds is 6. The molecule has 0 bridgehead atoms. The highest BCUT2D eigenvalue weighted by atomic mass is 32.2. The van der Waals surface area contributed by atoms with Crippen molar-refractivity contribution in [2.75, 3.05) is 19.5 Å². The lowest BCUT2D eigenvalue weighted by Crippen LogP contribution is -1.96. The monoisotopic (exact) mass is 358 g/mol. The molecule has 0 saturated heterocycles. The second kappa shape index (κ2) is 7.64. The summed E-state index contributed by atoms with van der Waals surface area (Å²) in [6.45, 7) is 7.11. The van der Waals surface area contributed by atoms with E-state index in [1.165, 1.54) is 22.1 Å². The molecule has 0 aliphatic carbocycles. The third-order valence-corrected chi connectivity index (χ3v) is 5.74. The molecule has 2 heterocycles. The number of methoxy groups -OCH3 is 1. The number of fused-ring (bicyclic) bond motifs is 1. The summed E-state index contributed by atoms with van der Waals surface area (Å²) in [5.41, 5.74) is 3.82. The van der Waals surface area contributed by atoms with Crippen LogP contribution in [-0.4, -0.2) is 29.4 Å². The fourth-order valence-electron chi connectivity index (χ4n) is 2.60. The molecule has 0 atom stereocenters. The summed E-state index contributed by atoms with van der Waals surface area (Å²) in [4.78, 5) is 10.4. The number of aryl methyl sites for hydroxylation is 1. The summed E-state index contributed by atoms with van der Waals surface area (Å²) in [6, 6.07) is 8.85. The van der Waals surface area contributed by atoms with E-state index in [9.17, 15) is 0 Å². The molecule has 0 N–H and O–H groups in total. The zero-order valence-electron chi connectivity index (χ0n) is 14.5. The van der Waals surface area contributed by atoms with Crippen molar-refractivity contribution in [1.29, 1.82) is 0 Å². The Kier molecular flexibility index (Phi) is 5.54. The van der Waals surface area contributed by atoms with Gasteiger partial charge < -0.3 is 4.74 Å². The average molecular weight is 359 g/mol. The van der Waals surface area contributed by atoms with E-state index in [0.29, 0.717) is 5.92 Å². The van der Waals surface area contributed by atoms with Gasteiger partial charge in [-0.25, -0.2) is 9.97 Å². The third-order valence-electron chi connectivity index (χ3n) is 3.93. The minimum Gasteiger partial charge on any atom is -0.384 e. The lowest BCUT2D eigenvalue weighted by Gasteiger charge is -2.08. The highest BCUT2D eigenvalue weighted by molar-refractivity contribution is 7.99. The van der Waals surface area contributed by atoms with Gasteiger partial charge in [-0.15, -0.1) is 23.1 Å². The van der Waals surface area contributed by atoms with Crippen LogP contribution in [0.5, 0.6) is 0 Å². The predicted octanol–water partition coefficient (Wildman–Crippen LogP) is 5.53. The molecule has 0 saturated carbocycles. The van der Waals surface area contributed by atoms with Crippen LogP contribution < -0.4 is 0 Å². The lowest BCUT2D eigenvalue weighted by atomic mass is 9.99. The first kappa shape index (κ1) is 17.4. The van der Waals surface area contributed by atoms with E-state index in [4.69, 9.17) is 4.74 Å². The molecule has 0 spiro atoms. The van der Waals surface area contributed by atoms with Crippen LogP contribution in [0.1, 0.15) is 31.2 Å². The molecular formula is C19H22N2OS2. The van der Waals surface area contributed by atoms with Crippen LogP contribution >= 0.6 is 23.1 Å². The summed E-state index contributed by atoms with van der Waals surface area (Å²) in [7, 11) is 1.73. The number of nitrogens with zero attached hydrogens (tertiary/aromatic N) is 2. The Morgan fingerprint density at radius 2 is 1.92 bits per heavy atom. The topological polar surface area (TPSA) is 35.0 Å². The highest BCUT2D eigenvalue weighted by Gasteiger charge is 2.15. The molecule has 0 aliphatic rings. The quantitative estimate of drug-likeness (QED) is 0.330. The number of thioether (sulfide) groups is 1. The van der Waals surface area contributed by atoms with Gasteiger partial charge in [0.2, 0.25) is 0 Å². The summed E-state index contributed by atoms with van der Waals surface area (Å²) in [6.07, 6.45) is 0. The van der Waals surface area contributed by atoms with Crippen LogP contribution in [0.4, 0.5) is 0 Å². The van der Waals surface area contributed by atoms with Crippen molar-refractivity contribution >= 4 is 33.3 Å². The van der Waals surface area contributed by atoms with E-state index in [1.807, 2.05) is 6.92 Å². The van der Waals surface area contributed by atoms with Gasteiger partial charge in [-0.05, 0) is 24.0 Å². The summed E-state index contributed by atoms with van der Waals surface area (Å²) < 4.78 is 5.18. The smallest absolute Gasteiger partial charge is 0.128 e. The maximum Gasteiger partial charge on any atom is 0.128 e. The van der Waals surface area contributed by atoms with Crippen molar-refractivity contribution in [3.8, 4) is 11.1 Å². The van der Waals surface area contributed by atoms with Gasteiger partial charge in [-0.1, -0.05) is 38.1 Å². The van der Waals surface area contributed by atoms with E-state index in [-0.39, 0.29) is 0 Å². The maximum atomic E-state index is 5.18. The molecule has 3 aromatic rings. The average Bonchev–Trinajstić information content (AvgIpc) is 2.99. The van der Waals surface area contributed by atoms with E-state index in [1.54, 1.807) is 30.2 Å². The molecule has 1 aromatic carbocycles. The van der Waals surface area contributed by atoms with Crippen molar-refractivity contribution in [2.45, 2.75) is 31.7 Å². The molecule has 3 nitrogen and oxygen atoms in total. The summed E-state index contributed by atoms with van der Waals surface area (Å²) >= 11 is 3.43. The Labute approximate surface area is 151 Å². The Morgan fingerprint density at radius 3 is 2.58 bits per heavy atom. The van der Waals surface area contributed by atoms with Crippen molar-refractivity contribution < 1.29 is 4.74 Å². The van der Waals surface area contributed by atoms with Crippen molar-refractivity contribution in [1.82, 2.24) is 9.97 Å². The number of benzene rings is 1. The lowest BCUT2D eigenvalue weighted by molar-refractivity contribution is 0.218. The zero-order chi connectivity index (χ0) is 17.1. The Morgan fingerprint density at radius 1 is 1.17 bits per heavy atom. The maximum absolute atomic E-state index is 5.18. The second-order valence-electron chi connectivity index (χ2n) is 6.02. The molecule has 3 rings (SSSR count). The van der Waals surface area contributed by atoms with Crippen molar-refractivity contribution in [3.05, 3.63) is 41.0 Å². The normalized spacial score (nSPS) is 11.5. The van der Waals surface area contributed by atoms with Gasteiger partial charge >= 0.3 is 0 Å². The number of hydrogen-bond acceptors (Lipinski definition) is 5. The molecular weight excluding hydrogens is 336 g/mol. The standard InChI is InChI=1S/C19H22N2OS2/c1-12(2)14-5-7-15(8-6-14)16-11-24-19-17(16)18(20-13(3)21-19)23-10-9-22-4/h5-8,11-12H,9-10H2,1-4H3. The largest absolute Gasteiger partial charge is 0.384 e. The Balaban J connectivity index is 2.04. The van der Waals surface area contributed by atoms with Gasteiger partial charge in [0.1, 0.15) is 15.7 Å². The second-order valence-corrected chi connectivity index (χ2v) is 7.97. The van der Waals surface area contributed by atoms with Crippen molar-refractivity contribution in [3.63, 3.8) is 0 Å². The van der Waals surface area contributed by atoms with E-state index in [2.05, 4.69) is 53.5 Å². The van der Waals surface area contributed by atoms with E-state index >= 15 is 0 Å². The Bertz CT molecular complexity index is 825. The first-order chi connectivity index (χ1) is 11.6. The Hall–Kier alpha value is -1.43. The number of thiophene rings is 1. The number of aromatic nitrogens is 2. The minimum absolute atomic E-state index is 0.546. The van der Waals surface area contributed by atoms with Crippen molar-refractivity contribution in [2.24, 2.45) is 0 Å². The first-order valence-electron chi connectivity index (χ1n) is 8.08. The molecule has 0 fully saturated rings. The molecule has 126 valence electrons. The van der Waals surface area contributed by atoms with Crippen LogP contribution in [0, 0.1) is 6.92 Å². The van der Waals surface area contributed by atoms with Gasteiger partial charge in [0, 0.05) is 23.8 Å². The molecule has 5 heteroatoms. The molecule has 24 heavy (non-hydrogen) atoms.